The second kappa shape index (κ2) is 11.8. The molecule has 1 N–H and O–H groups in total. The third-order valence-corrected chi connectivity index (χ3v) is 5.37. The second-order valence-electron chi connectivity index (χ2n) is 9.58. The van der Waals surface area contributed by atoms with Crippen LogP contribution in [0.3, 0.4) is 0 Å². The van der Waals surface area contributed by atoms with Gasteiger partial charge in [-0.1, -0.05) is 86.8 Å². The predicted octanol–water partition coefficient (Wildman–Crippen LogP) is 5.44. The molecule has 1 unspecified atom stereocenters. The SMILES string of the molecule is CCCCCC(C)(C(=O)NC(C)(C)C)N(Cc1ccccc1)OC(=O)Cc1ccccc1. The number of nitrogens with one attached hydrogen (secondary N) is 1. The van der Waals surface area contributed by atoms with Crippen LogP contribution < -0.4 is 5.32 Å². The summed E-state index contributed by atoms with van der Waals surface area (Å²) in [6, 6.07) is 19.3. The Labute approximate surface area is 193 Å². The number of unbranched alkanes of at least 4 members (excludes halogenated alkanes) is 2. The molecule has 5 heteroatoms. The molecule has 174 valence electrons. The van der Waals surface area contributed by atoms with Crippen molar-refractivity contribution in [2.75, 3.05) is 0 Å². The van der Waals surface area contributed by atoms with Crippen molar-refractivity contribution in [3.8, 4) is 0 Å². The Hall–Kier alpha value is -2.66. The number of benzene rings is 2. The van der Waals surface area contributed by atoms with Gasteiger partial charge < -0.3 is 10.2 Å². The van der Waals surface area contributed by atoms with Crippen LogP contribution in [0.5, 0.6) is 0 Å². The number of hydrogen-bond acceptors (Lipinski definition) is 4. The second-order valence-corrected chi connectivity index (χ2v) is 9.58. The first-order chi connectivity index (χ1) is 15.1. The van der Waals surface area contributed by atoms with Gasteiger partial charge in [-0.3, -0.25) is 4.79 Å². The summed E-state index contributed by atoms with van der Waals surface area (Å²) in [6.07, 6.45) is 3.66. The molecular formula is C27H38N2O3. The van der Waals surface area contributed by atoms with E-state index in [1.54, 1.807) is 5.06 Å². The van der Waals surface area contributed by atoms with Crippen molar-refractivity contribution in [2.24, 2.45) is 0 Å². The van der Waals surface area contributed by atoms with Crippen LogP contribution in [0.15, 0.2) is 60.7 Å². The van der Waals surface area contributed by atoms with Crippen LogP contribution in [-0.4, -0.2) is 28.0 Å². The van der Waals surface area contributed by atoms with Crippen LogP contribution in [0.25, 0.3) is 0 Å². The molecular weight excluding hydrogens is 400 g/mol. The third-order valence-electron chi connectivity index (χ3n) is 5.37. The van der Waals surface area contributed by atoms with Crippen LogP contribution in [0.4, 0.5) is 0 Å². The largest absolute Gasteiger partial charge is 0.366 e. The first-order valence-electron chi connectivity index (χ1n) is 11.5. The van der Waals surface area contributed by atoms with E-state index < -0.39 is 11.1 Å². The molecule has 2 rings (SSSR count). The maximum atomic E-state index is 13.5. The maximum absolute atomic E-state index is 13.5. The van der Waals surface area contributed by atoms with Gasteiger partial charge in [0.1, 0.15) is 5.54 Å². The van der Waals surface area contributed by atoms with Gasteiger partial charge in [0.2, 0.25) is 5.91 Å². The van der Waals surface area contributed by atoms with Crippen molar-refractivity contribution in [3.63, 3.8) is 0 Å². The Morgan fingerprint density at radius 2 is 1.44 bits per heavy atom. The molecule has 5 nitrogen and oxygen atoms in total. The summed E-state index contributed by atoms with van der Waals surface area (Å²) in [4.78, 5) is 32.3. The fraction of sp³-hybridized carbons (Fsp3) is 0.481. The van der Waals surface area contributed by atoms with E-state index in [0.717, 1.165) is 30.4 Å². The van der Waals surface area contributed by atoms with Gasteiger partial charge in [-0.15, -0.1) is 5.06 Å². The van der Waals surface area contributed by atoms with Gasteiger partial charge in [-0.05, 0) is 45.2 Å². The van der Waals surface area contributed by atoms with E-state index in [-0.39, 0.29) is 18.3 Å². The van der Waals surface area contributed by atoms with Gasteiger partial charge in [0.25, 0.3) is 0 Å². The highest BCUT2D eigenvalue weighted by atomic mass is 16.7. The zero-order valence-electron chi connectivity index (χ0n) is 20.2. The van der Waals surface area contributed by atoms with Crippen molar-refractivity contribution in [3.05, 3.63) is 71.8 Å². The highest BCUT2D eigenvalue weighted by Gasteiger charge is 2.43. The van der Waals surface area contributed by atoms with Gasteiger partial charge in [0.15, 0.2) is 0 Å². The molecule has 0 aliphatic carbocycles. The summed E-state index contributed by atoms with van der Waals surface area (Å²) in [7, 11) is 0. The van der Waals surface area contributed by atoms with E-state index in [1.165, 1.54) is 0 Å². The summed E-state index contributed by atoms with van der Waals surface area (Å²) >= 11 is 0. The lowest BCUT2D eigenvalue weighted by Crippen LogP contribution is -2.60. The monoisotopic (exact) mass is 438 g/mol. The fourth-order valence-electron chi connectivity index (χ4n) is 3.52. The molecule has 0 aliphatic heterocycles. The first-order valence-corrected chi connectivity index (χ1v) is 11.5. The Kier molecular flexibility index (Phi) is 9.45. The number of amides is 1. The highest BCUT2D eigenvalue weighted by molar-refractivity contribution is 5.86. The fourth-order valence-corrected chi connectivity index (χ4v) is 3.52. The molecule has 2 aromatic carbocycles. The number of nitrogens with zero attached hydrogens (tertiary/aromatic N) is 1. The number of carbonyl (C=O) groups excluding carboxylic acids is 2. The summed E-state index contributed by atoms with van der Waals surface area (Å²) < 4.78 is 0. The first kappa shape index (κ1) is 25.6. The summed E-state index contributed by atoms with van der Waals surface area (Å²) in [6.45, 7) is 10.2. The van der Waals surface area contributed by atoms with E-state index >= 15 is 0 Å². The summed E-state index contributed by atoms with van der Waals surface area (Å²) in [5, 5.41) is 4.69. The highest BCUT2D eigenvalue weighted by Crippen LogP contribution is 2.27. The number of hydroxylamine groups is 2. The van der Waals surface area contributed by atoms with Gasteiger partial charge in [0, 0.05) is 5.54 Å². The van der Waals surface area contributed by atoms with Crippen LogP contribution in [0.1, 0.15) is 71.4 Å². The van der Waals surface area contributed by atoms with E-state index in [2.05, 4.69) is 12.2 Å². The van der Waals surface area contributed by atoms with Gasteiger partial charge in [-0.2, -0.15) is 0 Å². The minimum atomic E-state index is -0.995. The lowest BCUT2D eigenvalue weighted by Gasteiger charge is -2.40. The Morgan fingerprint density at radius 3 is 1.97 bits per heavy atom. The Balaban J connectivity index is 2.33. The minimum absolute atomic E-state index is 0.135. The van der Waals surface area contributed by atoms with Gasteiger partial charge in [0.05, 0.1) is 13.0 Å². The molecule has 0 radical (unpaired) electrons. The van der Waals surface area contributed by atoms with Crippen LogP contribution in [0, 0.1) is 0 Å². The average Bonchev–Trinajstić information content (AvgIpc) is 2.73. The van der Waals surface area contributed by atoms with E-state index in [1.807, 2.05) is 88.4 Å². The van der Waals surface area contributed by atoms with Gasteiger partial charge in [-0.25, -0.2) is 4.79 Å². The van der Waals surface area contributed by atoms with Gasteiger partial charge >= 0.3 is 5.97 Å². The molecule has 0 heterocycles. The quantitative estimate of drug-likeness (QED) is 0.375. The Morgan fingerprint density at radius 1 is 0.875 bits per heavy atom. The lowest BCUT2D eigenvalue weighted by atomic mass is 9.91. The van der Waals surface area contributed by atoms with Crippen molar-refractivity contribution < 1.29 is 14.4 Å². The summed E-state index contributed by atoms with van der Waals surface area (Å²) in [5.41, 5.74) is 0.467. The van der Waals surface area contributed by atoms with Crippen LogP contribution in [-0.2, 0) is 27.4 Å². The molecule has 0 saturated heterocycles. The van der Waals surface area contributed by atoms with Crippen molar-refractivity contribution >= 4 is 11.9 Å². The number of rotatable bonds is 11. The molecule has 0 fully saturated rings. The minimum Gasteiger partial charge on any atom is -0.366 e. The lowest BCUT2D eigenvalue weighted by molar-refractivity contribution is -0.224. The smallest absolute Gasteiger partial charge is 0.329 e. The zero-order chi connectivity index (χ0) is 23.6. The molecule has 32 heavy (non-hydrogen) atoms. The van der Waals surface area contributed by atoms with E-state index in [9.17, 15) is 9.59 Å². The van der Waals surface area contributed by atoms with Crippen LogP contribution >= 0.6 is 0 Å². The zero-order valence-corrected chi connectivity index (χ0v) is 20.2. The molecule has 2 aromatic rings. The molecule has 0 aliphatic rings. The van der Waals surface area contributed by atoms with E-state index in [4.69, 9.17) is 4.84 Å². The van der Waals surface area contributed by atoms with Crippen LogP contribution in [0.2, 0.25) is 0 Å². The summed E-state index contributed by atoms with van der Waals surface area (Å²) in [5.74, 6) is -0.512. The van der Waals surface area contributed by atoms with Crippen molar-refractivity contribution in [1.29, 1.82) is 0 Å². The standard InChI is InChI=1S/C27H38N2O3/c1-6-7-14-19-27(5,25(31)28-26(2,3)4)29(21-23-17-12-9-13-18-23)32-24(30)20-22-15-10-8-11-16-22/h8-13,15-18H,6-7,14,19-21H2,1-5H3,(H,28,31). The Bertz CT molecular complexity index is 846. The normalized spacial score (nSPS) is 13.4. The molecule has 0 aromatic heterocycles. The molecule has 0 bridgehead atoms. The molecule has 0 spiro atoms. The third kappa shape index (κ3) is 8.12. The molecule has 1 amide bonds. The predicted molar refractivity (Wildman–Crippen MR) is 129 cm³/mol. The number of carbonyl (C=O) groups is 2. The van der Waals surface area contributed by atoms with Crippen molar-refractivity contribution in [1.82, 2.24) is 10.4 Å². The molecule has 1 atom stereocenters. The topological polar surface area (TPSA) is 58.6 Å². The maximum Gasteiger partial charge on any atom is 0.329 e. The number of hydrogen-bond donors (Lipinski definition) is 1. The van der Waals surface area contributed by atoms with Crippen molar-refractivity contribution in [2.45, 2.75) is 84.3 Å². The average molecular weight is 439 g/mol. The van der Waals surface area contributed by atoms with E-state index in [0.29, 0.717) is 13.0 Å². The molecule has 0 saturated carbocycles.